The number of ether oxygens (including phenoxy) is 1. The van der Waals surface area contributed by atoms with Gasteiger partial charge >= 0.3 is 0 Å². The summed E-state index contributed by atoms with van der Waals surface area (Å²) in [6.07, 6.45) is 1.59. The van der Waals surface area contributed by atoms with Gasteiger partial charge in [0.25, 0.3) is 0 Å². The molecule has 0 aromatic heterocycles. The third-order valence-corrected chi connectivity index (χ3v) is 4.22. The maximum Gasteiger partial charge on any atom is 0.220 e. The maximum absolute atomic E-state index is 12.1. The summed E-state index contributed by atoms with van der Waals surface area (Å²) >= 11 is 0. The molecule has 1 amide bonds. The number of benzene rings is 2. The molecule has 23 heavy (non-hydrogen) atoms. The molecular weight excluding hydrogens is 290 g/mol. The van der Waals surface area contributed by atoms with Gasteiger partial charge in [0.1, 0.15) is 11.4 Å². The van der Waals surface area contributed by atoms with Gasteiger partial charge in [-0.15, -0.1) is 0 Å². The molecule has 0 fully saturated rings. The Kier molecular flexibility index (Phi) is 4.63. The van der Waals surface area contributed by atoms with Gasteiger partial charge in [-0.1, -0.05) is 48.5 Å². The van der Waals surface area contributed by atoms with Crippen LogP contribution in [0.1, 0.15) is 24.0 Å². The highest BCUT2D eigenvalue weighted by atomic mass is 16.5. The van der Waals surface area contributed by atoms with Crippen LogP contribution < -0.4 is 10.1 Å². The quantitative estimate of drug-likeness (QED) is 0.891. The van der Waals surface area contributed by atoms with Crippen LogP contribution in [-0.4, -0.2) is 24.2 Å². The number of aliphatic hydroxyl groups is 1. The second kappa shape index (κ2) is 6.84. The van der Waals surface area contributed by atoms with Gasteiger partial charge in [-0.25, -0.2) is 0 Å². The van der Waals surface area contributed by atoms with Gasteiger partial charge < -0.3 is 15.2 Å². The predicted octanol–water partition coefficient (Wildman–Crippen LogP) is 2.41. The summed E-state index contributed by atoms with van der Waals surface area (Å²) in [5.74, 6) is 0.644. The second-order valence-electron chi connectivity index (χ2n) is 5.89. The second-order valence-corrected chi connectivity index (χ2v) is 5.89. The van der Waals surface area contributed by atoms with E-state index >= 15 is 0 Å². The Balaban J connectivity index is 1.57. The third kappa shape index (κ3) is 3.71. The average Bonchev–Trinajstić information content (AvgIpc) is 2.60. The molecular formula is C19H21NO3. The van der Waals surface area contributed by atoms with E-state index in [9.17, 15) is 9.90 Å². The van der Waals surface area contributed by atoms with Crippen LogP contribution in [0.2, 0.25) is 0 Å². The lowest BCUT2D eigenvalue weighted by molar-refractivity contribution is -0.122. The lowest BCUT2D eigenvalue weighted by Gasteiger charge is -2.34. The Morgan fingerprint density at radius 1 is 1.13 bits per heavy atom. The van der Waals surface area contributed by atoms with Gasteiger partial charge in [0.15, 0.2) is 0 Å². The summed E-state index contributed by atoms with van der Waals surface area (Å²) in [5.41, 5.74) is 0.824. The fraction of sp³-hybridized carbons (Fsp3) is 0.316. The van der Waals surface area contributed by atoms with Crippen molar-refractivity contribution >= 4 is 5.91 Å². The maximum atomic E-state index is 12.1. The molecule has 1 aliphatic rings. The zero-order valence-electron chi connectivity index (χ0n) is 13.0. The van der Waals surface area contributed by atoms with Crippen LogP contribution in [0.5, 0.6) is 5.75 Å². The standard InChI is InChI=1S/C19H21NO3/c21-18(11-10-15-6-2-1-3-7-15)20-14-19(22)12-13-23-17-9-5-4-8-16(17)19/h1-9,22H,10-14H2,(H,20,21). The number of hydrogen-bond acceptors (Lipinski definition) is 3. The SMILES string of the molecule is O=C(CCc1ccccc1)NCC1(O)CCOc2ccccc21. The molecule has 4 heteroatoms. The highest BCUT2D eigenvalue weighted by molar-refractivity contribution is 5.76. The van der Waals surface area contributed by atoms with E-state index < -0.39 is 5.60 Å². The van der Waals surface area contributed by atoms with Gasteiger partial charge in [0.2, 0.25) is 5.91 Å². The number of carbonyl (C=O) groups is 1. The summed E-state index contributed by atoms with van der Waals surface area (Å²) in [4.78, 5) is 12.1. The van der Waals surface area contributed by atoms with Crippen molar-refractivity contribution in [3.63, 3.8) is 0 Å². The molecule has 0 radical (unpaired) electrons. The monoisotopic (exact) mass is 311 g/mol. The molecule has 1 unspecified atom stereocenters. The minimum atomic E-state index is -1.06. The largest absolute Gasteiger partial charge is 0.493 e. The first-order chi connectivity index (χ1) is 11.2. The van der Waals surface area contributed by atoms with Gasteiger partial charge in [0, 0.05) is 18.4 Å². The molecule has 1 atom stereocenters. The Morgan fingerprint density at radius 3 is 2.70 bits per heavy atom. The van der Waals surface area contributed by atoms with Gasteiger partial charge in [-0.3, -0.25) is 4.79 Å². The minimum absolute atomic E-state index is 0.0498. The van der Waals surface area contributed by atoms with Crippen LogP contribution in [-0.2, 0) is 16.8 Å². The van der Waals surface area contributed by atoms with Gasteiger partial charge in [0.05, 0.1) is 13.2 Å². The molecule has 1 heterocycles. The Morgan fingerprint density at radius 2 is 1.87 bits per heavy atom. The van der Waals surface area contributed by atoms with E-state index in [4.69, 9.17) is 4.74 Å². The zero-order chi connectivity index (χ0) is 16.1. The molecule has 2 aromatic rings. The van der Waals surface area contributed by atoms with E-state index in [-0.39, 0.29) is 12.5 Å². The minimum Gasteiger partial charge on any atom is -0.493 e. The van der Waals surface area contributed by atoms with Crippen molar-refractivity contribution in [3.8, 4) is 5.75 Å². The first-order valence-corrected chi connectivity index (χ1v) is 7.93. The lowest BCUT2D eigenvalue weighted by Crippen LogP contribution is -2.43. The lowest BCUT2D eigenvalue weighted by atomic mass is 9.88. The molecule has 0 saturated heterocycles. The Labute approximate surface area is 136 Å². The number of amides is 1. The Bertz CT molecular complexity index is 671. The van der Waals surface area contributed by atoms with Crippen LogP contribution in [0, 0.1) is 0 Å². The molecule has 0 aliphatic carbocycles. The molecule has 1 aliphatic heterocycles. The first-order valence-electron chi connectivity index (χ1n) is 7.93. The summed E-state index contributed by atoms with van der Waals surface area (Å²) in [6.45, 7) is 0.661. The highest BCUT2D eigenvalue weighted by Gasteiger charge is 2.35. The summed E-state index contributed by atoms with van der Waals surface area (Å²) < 4.78 is 5.56. The number of carbonyl (C=O) groups excluding carboxylic acids is 1. The van der Waals surface area contributed by atoms with Gasteiger partial charge in [-0.2, -0.15) is 0 Å². The fourth-order valence-corrected chi connectivity index (χ4v) is 2.86. The van der Waals surface area contributed by atoms with E-state index in [1.807, 2.05) is 54.6 Å². The molecule has 4 nitrogen and oxygen atoms in total. The van der Waals surface area contributed by atoms with Crippen molar-refractivity contribution in [3.05, 3.63) is 65.7 Å². The van der Waals surface area contributed by atoms with Crippen molar-refractivity contribution in [2.24, 2.45) is 0 Å². The number of para-hydroxylation sites is 1. The molecule has 0 bridgehead atoms. The van der Waals surface area contributed by atoms with Gasteiger partial charge in [-0.05, 0) is 18.1 Å². The van der Waals surface area contributed by atoms with E-state index in [1.165, 1.54) is 0 Å². The molecule has 2 aromatic carbocycles. The summed E-state index contributed by atoms with van der Waals surface area (Å²) in [7, 11) is 0. The zero-order valence-corrected chi connectivity index (χ0v) is 13.0. The number of aryl methyl sites for hydroxylation is 1. The average molecular weight is 311 g/mol. The van der Waals surface area contributed by atoms with Crippen molar-refractivity contribution in [2.45, 2.75) is 24.9 Å². The van der Waals surface area contributed by atoms with Crippen LogP contribution >= 0.6 is 0 Å². The van der Waals surface area contributed by atoms with Crippen molar-refractivity contribution in [2.75, 3.05) is 13.2 Å². The molecule has 0 spiro atoms. The van der Waals surface area contributed by atoms with E-state index in [0.29, 0.717) is 31.6 Å². The molecule has 3 rings (SSSR count). The van der Waals surface area contributed by atoms with Crippen molar-refractivity contribution in [1.82, 2.24) is 5.32 Å². The predicted molar refractivity (Wildman–Crippen MR) is 88.2 cm³/mol. The van der Waals surface area contributed by atoms with Crippen LogP contribution in [0.15, 0.2) is 54.6 Å². The first kappa shape index (κ1) is 15.6. The van der Waals surface area contributed by atoms with Crippen LogP contribution in [0.4, 0.5) is 0 Å². The topological polar surface area (TPSA) is 58.6 Å². The van der Waals surface area contributed by atoms with Crippen LogP contribution in [0.25, 0.3) is 0 Å². The summed E-state index contributed by atoms with van der Waals surface area (Å²) in [5, 5.41) is 13.7. The fourth-order valence-electron chi connectivity index (χ4n) is 2.86. The number of hydrogen-bond donors (Lipinski definition) is 2. The van der Waals surface area contributed by atoms with Crippen LogP contribution in [0.3, 0.4) is 0 Å². The summed E-state index contributed by atoms with van der Waals surface area (Å²) in [6, 6.07) is 17.4. The van der Waals surface area contributed by atoms with E-state index in [0.717, 1.165) is 11.1 Å². The number of nitrogens with one attached hydrogen (secondary N) is 1. The van der Waals surface area contributed by atoms with Crippen molar-refractivity contribution < 1.29 is 14.6 Å². The molecule has 0 saturated carbocycles. The normalized spacial score (nSPS) is 19.5. The highest BCUT2D eigenvalue weighted by Crippen LogP contribution is 2.36. The Hall–Kier alpha value is -2.33. The molecule has 120 valence electrons. The third-order valence-electron chi connectivity index (χ3n) is 4.22. The van der Waals surface area contributed by atoms with Crippen molar-refractivity contribution in [1.29, 1.82) is 0 Å². The number of fused-ring (bicyclic) bond motifs is 1. The molecule has 2 N–H and O–H groups in total. The number of rotatable bonds is 5. The smallest absolute Gasteiger partial charge is 0.220 e. The van der Waals surface area contributed by atoms with E-state index in [2.05, 4.69) is 5.32 Å². The van der Waals surface area contributed by atoms with E-state index in [1.54, 1.807) is 0 Å².